The van der Waals surface area contributed by atoms with Crippen LogP contribution in [0.2, 0.25) is 0 Å². The van der Waals surface area contributed by atoms with Crippen molar-refractivity contribution in [1.29, 1.82) is 0 Å². The maximum Gasteiger partial charge on any atom is 0.242 e. The number of nitrogens with zero attached hydrogens (tertiary/aromatic N) is 1. The van der Waals surface area contributed by atoms with E-state index in [1.807, 2.05) is 0 Å². The molecule has 0 radical (unpaired) electrons. The Morgan fingerprint density at radius 3 is 2.50 bits per heavy atom. The molecule has 110 valence electrons. The van der Waals surface area contributed by atoms with E-state index in [9.17, 15) is 13.2 Å². The highest BCUT2D eigenvalue weighted by atomic mass is 79.9. The summed E-state index contributed by atoms with van der Waals surface area (Å²) in [5, 5.41) is 0. The number of amides is 1. The molecule has 1 aliphatic heterocycles. The molecule has 1 aliphatic rings. The molecule has 0 spiro atoms. The lowest BCUT2D eigenvalue weighted by Crippen LogP contribution is -2.45. The summed E-state index contributed by atoms with van der Waals surface area (Å²) in [5.41, 5.74) is 0. The normalized spacial score (nSPS) is 17.2. The predicted octanol–water partition coefficient (Wildman–Crippen LogP) is 1.74. The smallest absolute Gasteiger partial charge is 0.242 e. The van der Waals surface area contributed by atoms with Crippen molar-refractivity contribution >= 4 is 31.9 Å². The van der Waals surface area contributed by atoms with E-state index in [2.05, 4.69) is 20.7 Å². The number of hydrogen-bond donors (Lipinski definition) is 1. The molecule has 1 aromatic rings. The highest BCUT2D eigenvalue weighted by Gasteiger charge is 2.28. The van der Waals surface area contributed by atoms with E-state index in [4.69, 9.17) is 0 Å². The van der Waals surface area contributed by atoms with Gasteiger partial charge in [-0.2, -0.15) is 4.72 Å². The summed E-state index contributed by atoms with van der Waals surface area (Å²) in [6.07, 6.45) is 1.96. The molecule has 1 unspecified atom stereocenters. The van der Waals surface area contributed by atoms with Crippen LogP contribution in [0.15, 0.2) is 33.6 Å². The van der Waals surface area contributed by atoms with E-state index in [0.717, 1.165) is 12.8 Å². The standard InChI is InChI=1S/C13H17BrN2O3S/c1-10(13(17)16-8-4-5-9-16)15-20(18,19)12-7-3-2-6-11(12)14/h2-3,6-7,10,15H,4-5,8-9H2,1H3. The average molecular weight is 361 g/mol. The van der Waals surface area contributed by atoms with Crippen LogP contribution in [-0.4, -0.2) is 38.4 Å². The number of nitrogens with one attached hydrogen (secondary N) is 1. The van der Waals surface area contributed by atoms with Gasteiger partial charge in [0.15, 0.2) is 0 Å². The van der Waals surface area contributed by atoms with Gasteiger partial charge in [-0.3, -0.25) is 4.79 Å². The third-order valence-electron chi connectivity index (χ3n) is 3.25. The molecule has 0 aliphatic carbocycles. The number of rotatable bonds is 4. The third kappa shape index (κ3) is 3.39. The first-order valence-electron chi connectivity index (χ1n) is 6.47. The zero-order valence-corrected chi connectivity index (χ0v) is 13.6. The number of hydrogen-bond acceptors (Lipinski definition) is 3. The SMILES string of the molecule is CC(NS(=O)(=O)c1ccccc1Br)C(=O)N1CCCC1. The predicted molar refractivity (Wildman–Crippen MR) is 79.7 cm³/mol. The minimum absolute atomic E-state index is 0.140. The minimum atomic E-state index is -3.71. The summed E-state index contributed by atoms with van der Waals surface area (Å²) in [5.74, 6) is -0.168. The van der Waals surface area contributed by atoms with Crippen molar-refractivity contribution in [2.45, 2.75) is 30.7 Å². The van der Waals surface area contributed by atoms with Crippen molar-refractivity contribution in [2.75, 3.05) is 13.1 Å². The Hall–Kier alpha value is -0.920. The Balaban J connectivity index is 2.12. The molecule has 1 saturated heterocycles. The molecule has 0 aromatic heterocycles. The molecule has 1 N–H and O–H groups in total. The first-order chi connectivity index (χ1) is 9.42. The van der Waals surface area contributed by atoms with E-state index < -0.39 is 16.1 Å². The van der Waals surface area contributed by atoms with Gasteiger partial charge in [-0.05, 0) is 47.8 Å². The van der Waals surface area contributed by atoms with Crippen LogP contribution in [0.3, 0.4) is 0 Å². The van der Waals surface area contributed by atoms with Gasteiger partial charge in [0, 0.05) is 17.6 Å². The number of carbonyl (C=O) groups is 1. The molecule has 1 atom stereocenters. The second-order valence-electron chi connectivity index (χ2n) is 4.81. The quantitative estimate of drug-likeness (QED) is 0.889. The molecular weight excluding hydrogens is 344 g/mol. The van der Waals surface area contributed by atoms with Crippen LogP contribution in [0, 0.1) is 0 Å². The zero-order chi connectivity index (χ0) is 14.8. The first-order valence-corrected chi connectivity index (χ1v) is 8.75. The van der Waals surface area contributed by atoms with Crippen molar-refractivity contribution in [3.05, 3.63) is 28.7 Å². The van der Waals surface area contributed by atoms with Gasteiger partial charge >= 0.3 is 0 Å². The van der Waals surface area contributed by atoms with Crippen LogP contribution < -0.4 is 4.72 Å². The van der Waals surface area contributed by atoms with E-state index in [-0.39, 0.29) is 10.8 Å². The molecule has 2 rings (SSSR count). The Bertz CT molecular complexity index is 597. The van der Waals surface area contributed by atoms with E-state index in [1.165, 1.54) is 6.07 Å². The molecule has 0 saturated carbocycles. The summed E-state index contributed by atoms with van der Waals surface area (Å²) in [6, 6.07) is 5.78. The van der Waals surface area contributed by atoms with Gasteiger partial charge in [-0.25, -0.2) is 8.42 Å². The van der Waals surface area contributed by atoms with Crippen LogP contribution in [-0.2, 0) is 14.8 Å². The number of sulfonamides is 1. The number of benzene rings is 1. The average Bonchev–Trinajstić information content (AvgIpc) is 2.91. The van der Waals surface area contributed by atoms with E-state index in [1.54, 1.807) is 30.0 Å². The molecule has 5 nitrogen and oxygen atoms in total. The molecular formula is C13H17BrN2O3S. The van der Waals surface area contributed by atoms with Crippen molar-refractivity contribution in [3.63, 3.8) is 0 Å². The van der Waals surface area contributed by atoms with Gasteiger partial charge in [-0.1, -0.05) is 12.1 Å². The lowest BCUT2D eigenvalue weighted by molar-refractivity contribution is -0.131. The lowest BCUT2D eigenvalue weighted by atomic mass is 10.3. The molecule has 1 fully saturated rings. The van der Waals surface area contributed by atoms with Crippen molar-refractivity contribution in [3.8, 4) is 0 Å². The topological polar surface area (TPSA) is 66.5 Å². The van der Waals surface area contributed by atoms with Crippen molar-refractivity contribution in [1.82, 2.24) is 9.62 Å². The highest BCUT2D eigenvalue weighted by Crippen LogP contribution is 2.21. The van der Waals surface area contributed by atoms with Gasteiger partial charge in [0.05, 0.1) is 10.9 Å². The third-order valence-corrected chi connectivity index (χ3v) is 5.80. The lowest BCUT2D eigenvalue weighted by Gasteiger charge is -2.21. The maximum atomic E-state index is 12.3. The molecule has 7 heteroatoms. The fourth-order valence-electron chi connectivity index (χ4n) is 2.22. The molecule has 20 heavy (non-hydrogen) atoms. The van der Waals surface area contributed by atoms with Gasteiger partial charge in [-0.15, -0.1) is 0 Å². The van der Waals surface area contributed by atoms with Gasteiger partial charge in [0.1, 0.15) is 0 Å². The van der Waals surface area contributed by atoms with Crippen LogP contribution in [0.5, 0.6) is 0 Å². The Labute approximate surface area is 127 Å². The second kappa shape index (κ2) is 6.24. The Morgan fingerprint density at radius 2 is 1.90 bits per heavy atom. The number of likely N-dealkylation sites (tertiary alicyclic amines) is 1. The molecule has 1 aromatic carbocycles. The minimum Gasteiger partial charge on any atom is -0.341 e. The van der Waals surface area contributed by atoms with Crippen LogP contribution >= 0.6 is 15.9 Å². The van der Waals surface area contributed by atoms with Gasteiger partial charge in [0.2, 0.25) is 15.9 Å². The maximum absolute atomic E-state index is 12.3. The first kappa shape index (κ1) is 15.5. The van der Waals surface area contributed by atoms with E-state index >= 15 is 0 Å². The summed E-state index contributed by atoms with van der Waals surface area (Å²) < 4.78 is 27.5. The van der Waals surface area contributed by atoms with Crippen LogP contribution in [0.1, 0.15) is 19.8 Å². The van der Waals surface area contributed by atoms with E-state index in [0.29, 0.717) is 17.6 Å². The summed E-state index contributed by atoms with van der Waals surface area (Å²) in [4.78, 5) is 14.0. The van der Waals surface area contributed by atoms with Crippen LogP contribution in [0.25, 0.3) is 0 Å². The van der Waals surface area contributed by atoms with Gasteiger partial charge < -0.3 is 4.90 Å². The molecule has 1 heterocycles. The highest BCUT2D eigenvalue weighted by molar-refractivity contribution is 9.10. The fourth-order valence-corrected chi connectivity index (χ4v) is 4.42. The Kier molecular flexibility index (Phi) is 4.82. The van der Waals surface area contributed by atoms with Crippen LogP contribution in [0.4, 0.5) is 0 Å². The number of halogens is 1. The van der Waals surface area contributed by atoms with Crippen molar-refractivity contribution < 1.29 is 13.2 Å². The second-order valence-corrected chi connectivity index (χ2v) is 7.34. The molecule has 1 amide bonds. The van der Waals surface area contributed by atoms with Gasteiger partial charge in [0.25, 0.3) is 0 Å². The number of carbonyl (C=O) groups excluding carboxylic acids is 1. The summed E-state index contributed by atoms with van der Waals surface area (Å²) >= 11 is 3.21. The summed E-state index contributed by atoms with van der Waals surface area (Å²) in [6.45, 7) is 2.99. The van der Waals surface area contributed by atoms with Crippen molar-refractivity contribution in [2.24, 2.45) is 0 Å². The summed E-state index contributed by atoms with van der Waals surface area (Å²) in [7, 11) is -3.71. The monoisotopic (exact) mass is 360 g/mol. The zero-order valence-electron chi connectivity index (χ0n) is 11.2. The molecule has 0 bridgehead atoms. The fraction of sp³-hybridized carbons (Fsp3) is 0.462. The largest absolute Gasteiger partial charge is 0.341 e. The Morgan fingerprint density at radius 1 is 1.30 bits per heavy atom.